The standard InChI is InChI=1S/C29H29N3O5/c1-19-13-20(2)15-24(14-19)30-25(33)18-37-29(36)23-16-26(34)32(17-23)31-28(35)27(21-9-5-3-6-10-21)22-11-7-4-8-12-22/h3-15,23,27H,16-18H2,1-2H3,(H,30,33)(H,31,35)/t23-/m0/s1. The molecule has 0 radical (unpaired) electrons. The van der Waals surface area contributed by atoms with E-state index in [-0.39, 0.29) is 18.9 Å². The SMILES string of the molecule is Cc1cc(C)cc(NC(=O)COC(=O)[C@H]2CC(=O)N(NC(=O)C(c3ccccc3)c3ccccc3)C2)c1. The Morgan fingerprint density at radius 2 is 1.49 bits per heavy atom. The summed E-state index contributed by atoms with van der Waals surface area (Å²) in [5.41, 5.74) is 6.86. The summed E-state index contributed by atoms with van der Waals surface area (Å²) in [6.07, 6.45) is -0.112. The minimum atomic E-state index is -0.784. The van der Waals surface area contributed by atoms with Gasteiger partial charge in [0.15, 0.2) is 6.61 Å². The van der Waals surface area contributed by atoms with Crippen LogP contribution in [0.2, 0.25) is 0 Å². The first kappa shape index (κ1) is 25.6. The van der Waals surface area contributed by atoms with Gasteiger partial charge in [0.05, 0.1) is 18.4 Å². The normalized spacial score (nSPS) is 14.9. The lowest BCUT2D eigenvalue weighted by molar-refractivity contribution is -0.151. The van der Waals surface area contributed by atoms with E-state index in [4.69, 9.17) is 4.74 Å². The van der Waals surface area contributed by atoms with Crippen molar-refractivity contribution in [3.63, 3.8) is 0 Å². The molecule has 1 aliphatic rings. The minimum absolute atomic E-state index is 0.0294. The quantitative estimate of drug-likeness (QED) is 0.462. The average Bonchev–Trinajstić information content (AvgIpc) is 3.23. The zero-order valence-electron chi connectivity index (χ0n) is 20.8. The number of nitrogens with one attached hydrogen (secondary N) is 2. The zero-order chi connectivity index (χ0) is 26.4. The number of aryl methyl sites for hydroxylation is 2. The minimum Gasteiger partial charge on any atom is -0.455 e. The molecule has 1 fully saturated rings. The number of esters is 1. The summed E-state index contributed by atoms with van der Waals surface area (Å²) in [5.74, 6) is -3.32. The number of amides is 3. The lowest BCUT2D eigenvalue weighted by atomic mass is 9.91. The molecule has 8 heteroatoms. The van der Waals surface area contributed by atoms with Crippen molar-refractivity contribution >= 4 is 29.4 Å². The molecular formula is C29H29N3O5. The maximum Gasteiger partial charge on any atom is 0.311 e. The summed E-state index contributed by atoms with van der Waals surface area (Å²) in [7, 11) is 0. The van der Waals surface area contributed by atoms with Crippen LogP contribution in [0.3, 0.4) is 0 Å². The first-order valence-electron chi connectivity index (χ1n) is 12.1. The van der Waals surface area contributed by atoms with E-state index in [2.05, 4.69) is 10.7 Å². The number of anilines is 1. The Bertz CT molecular complexity index is 1230. The van der Waals surface area contributed by atoms with Crippen LogP contribution in [0.4, 0.5) is 5.69 Å². The van der Waals surface area contributed by atoms with Crippen molar-refractivity contribution in [2.45, 2.75) is 26.2 Å². The summed E-state index contributed by atoms with van der Waals surface area (Å²) in [5, 5.41) is 3.86. The van der Waals surface area contributed by atoms with Crippen molar-refractivity contribution in [2.75, 3.05) is 18.5 Å². The highest BCUT2D eigenvalue weighted by atomic mass is 16.5. The number of rotatable bonds is 8. The van der Waals surface area contributed by atoms with E-state index in [0.717, 1.165) is 27.3 Å². The Balaban J connectivity index is 1.34. The molecular weight excluding hydrogens is 470 g/mol. The van der Waals surface area contributed by atoms with E-state index in [1.54, 1.807) is 0 Å². The van der Waals surface area contributed by atoms with Crippen LogP contribution in [0.5, 0.6) is 0 Å². The van der Waals surface area contributed by atoms with Gasteiger partial charge in [-0.1, -0.05) is 66.7 Å². The van der Waals surface area contributed by atoms with Gasteiger partial charge in [0, 0.05) is 12.1 Å². The predicted octanol–water partition coefficient (Wildman–Crippen LogP) is 3.50. The molecule has 3 amide bonds. The van der Waals surface area contributed by atoms with Crippen molar-refractivity contribution in [1.82, 2.24) is 10.4 Å². The molecule has 1 aliphatic heterocycles. The number of carbonyl (C=O) groups is 4. The van der Waals surface area contributed by atoms with Crippen LogP contribution in [-0.2, 0) is 23.9 Å². The van der Waals surface area contributed by atoms with Gasteiger partial charge in [-0.25, -0.2) is 0 Å². The monoisotopic (exact) mass is 499 g/mol. The molecule has 3 aromatic rings. The van der Waals surface area contributed by atoms with Gasteiger partial charge in [-0.05, 0) is 48.2 Å². The number of carbonyl (C=O) groups excluding carboxylic acids is 4. The number of hydrogen-bond acceptors (Lipinski definition) is 5. The third kappa shape index (κ3) is 6.61. The summed E-state index contributed by atoms with van der Waals surface area (Å²) >= 11 is 0. The molecule has 1 saturated heterocycles. The van der Waals surface area contributed by atoms with Crippen molar-refractivity contribution in [1.29, 1.82) is 0 Å². The van der Waals surface area contributed by atoms with Crippen molar-refractivity contribution in [3.8, 4) is 0 Å². The fourth-order valence-corrected chi connectivity index (χ4v) is 4.46. The average molecular weight is 500 g/mol. The Kier molecular flexibility index (Phi) is 7.98. The fourth-order valence-electron chi connectivity index (χ4n) is 4.46. The van der Waals surface area contributed by atoms with Crippen LogP contribution in [0, 0.1) is 19.8 Å². The number of ether oxygens (including phenoxy) is 1. The molecule has 0 unspecified atom stereocenters. The fraction of sp³-hybridized carbons (Fsp3) is 0.241. The van der Waals surface area contributed by atoms with Crippen LogP contribution in [0.1, 0.15) is 34.6 Å². The first-order valence-corrected chi connectivity index (χ1v) is 12.1. The number of hydrazine groups is 1. The van der Waals surface area contributed by atoms with Gasteiger partial charge in [-0.15, -0.1) is 0 Å². The highest BCUT2D eigenvalue weighted by Crippen LogP contribution is 2.26. The third-order valence-electron chi connectivity index (χ3n) is 6.08. The molecule has 2 N–H and O–H groups in total. The summed E-state index contributed by atoms with van der Waals surface area (Å²) < 4.78 is 5.17. The number of benzene rings is 3. The highest BCUT2D eigenvalue weighted by Gasteiger charge is 2.37. The van der Waals surface area contributed by atoms with Gasteiger partial charge < -0.3 is 10.1 Å². The molecule has 0 bridgehead atoms. The van der Waals surface area contributed by atoms with Crippen molar-refractivity contribution < 1.29 is 23.9 Å². The van der Waals surface area contributed by atoms with Gasteiger partial charge in [-0.2, -0.15) is 0 Å². The van der Waals surface area contributed by atoms with Gasteiger partial charge in [0.1, 0.15) is 0 Å². The molecule has 0 aromatic heterocycles. The predicted molar refractivity (Wildman–Crippen MR) is 138 cm³/mol. The lowest BCUT2D eigenvalue weighted by Gasteiger charge is -2.23. The van der Waals surface area contributed by atoms with Gasteiger partial charge in [0.25, 0.3) is 11.8 Å². The Morgan fingerprint density at radius 1 is 0.919 bits per heavy atom. The van der Waals surface area contributed by atoms with E-state index < -0.39 is 36.2 Å². The Hall–Kier alpha value is -4.46. The smallest absolute Gasteiger partial charge is 0.311 e. The van der Waals surface area contributed by atoms with Crippen LogP contribution in [0.25, 0.3) is 0 Å². The molecule has 1 atom stereocenters. The Labute approximate surface area is 215 Å². The second-order valence-corrected chi connectivity index (χ2v) is 9.17. The largest absolute Gasteiger partial charge is 0.455 e. The van der Waals surface area contributed by atoms with Crippen molar-refractivity contribution in [2.24, 2.45) is 5.92 Å². The van der Waals surface area contributed by atoms with Crippen LogP contribution >= 0.6 is 0 Å². The molecule has 3 aromatic carbocycles. The maximum absolute atomic E-state index is 13.3. The second kappa shape index (κ2) is 11.5. The molecule has 0 aliphatic carbocycles. The van der Waals surface area contributed by atoms with E-state index in [1.807, 2.05) is 92.7 Å². The summed E-state index contributed by atoms with van der Waals surface area (Å²) in [6, 6.07) is 24.2. The van der Waals surface area contributed by atoms with Crippen LogP contribution in [0.15, 0.2) is 78.9 Å². The molecule has 0 spiro atoms. The third-order valence-corrected chi connectivity index (χ3v) is 6.08. The summed E-state index contributed by atoms with van der Waals surface area (Å²) in [6.45, 7) is 3.35. The van der Waals surface area contributed by atoms with Gasteiger partial charge >= 0.3 is 5.97 Å². The zero-order valence-corrected chi connectivity index (χ0v) is 20.8. The van der Waals surface area contributed by atoms with E-state index in [9.17, 15) is 19.2 Å². The van der Waals surface area contributed by atoms with E-state index in [1.165, 1.54) is 0 Å². The van der Waals surface area contributed by atoms with Crippen LogP contribution < -0.4 is 10.7 Å². The number of nitrogens with zero attached hydrogens (tertiary/aromatic N) is 1. The first-order chi connectivity index (χ1) is 17.8. The van der Waals surface area contributed by atoms with Crippen molar-refractivity contribution in [3.05, 3.63) is 101 Å². The molecule has 8 nitrogen and oxygen atoms in total. The molecule has 190 valence electrons. The van der Waals surface area contributed by atoms with Gasteiger partial charge in [0.2, 0.25) is 5.91 Å². The van der Waals surface area contributed by atoms with E-state index >= 15 is 0 Å². The Morgan fingerprint density at radius 3 is 2.05 bits per heavy atom. The molecule has 1 heterocycles. The molecule has 0 saturated carbocycles. The van der Waals surface area contributed by atoms with E-state index in [0.29, 0.717) is 5.69 Å². The molecule has 4 rings (SSSR count). The van der Waals surface area contributed by atoms with Crippen LogP contribution in [-0.4, -0.2) is 41.9 Å². The highest BCUT2D eigenvalue weighted by molar-refractivity contribution is 5.94. The number of hydrogen-bond donors (Lipinski definition) is 2. The lowest BCUT2D eigenvalue weighted by Crippen LogP contribution is -2.45. The summed E-state index contributed by atoms with van der Waals surface area (Å²) in [4.78, 5) is 50.7. The topological polar surface area (TPSA) is 105 Å². The maximum atomic E-state index is 13.3. The second-order valence-electron chi connectivity index (χ2n) is 9.17. The molecule has 37 heavy (non-hydrogen) atoms. The van der Waals surface area contributed by atoms with Gasteiger partial charge in [-0.3, -0.25) is 29.6 Å².